The van der Waals surface area contributed by atoms with E-state index < -0.39 is 0 Å². The molecule has 1 aliphatic heterocycles. The Kier molecular flexibility index (Phi) is 8.86. The van der Waals surface area contributed by atoms with Crippen molar-refractivity contribution in [2.24, 2.45) is 0 Å². The molecule has 1 atom stereocenters. The Morgan fingerprint density at radius 2 is 1.86 bits per heavy atom. The van der Waals surface area contributed by atoms with Crippen molar-refractivity contribution in [2.45, 2.75) is 38.1 Å². The predicted molar refractivity (Wildman–Crippen MR) is 137 cm³/mol. The van der Waals surface area contributed by atoms with Crippen molar-refractivity contribution in [3.63, 3.8) is 0 Å². The first kappa shape index (κ1) is 24.9. The number of morpholine rings is 1. The van der Waals surface area contributed by atoms with Gasteiger partial charge in [0.1, 0.15) is 5.82 Å². The monoisotopic (exact) mass is 477 g/mol. The van der Waals surface area contributed by atoms with E-state index in [9.17, 15) is 9.59 Å². The molecule has 0 spiro atoms. The minimum Gasteiger partial charge on any atom is -0.379 e. The van der Waals surface area contributed by atoms with E-state index in [1.165, 1.54) is 10.8 Å². The number of carbonyl (C=O) groups excluding carboxylic acids is 2. The largest absolute Gasteiger partial charge is 0.379 e. The van der Waals surface area contributed by atoms with Crippen LogP contribution in [-0.4, -0.2) is 66.6 Å². The van der Waals surface area contributed by atoms with E-state index in [0.717, 1.165) is 55.9 Å². The second-order valence-corrected chi connectivity index (χ2v) is 9.03. The van der Waals surface area contributed by atoms with Crippen LogP contribution < -0.4 is 10.6 Å². The second kappa shape index (κ2) is 12.5. The molecular weight excluding hydrogens is 442 g/mol. The number of nitrogens with zero attached hydrogens (tertiary/aromatic N) is 2. The zero-order valence-electron chi connectivity index (χ0n) is 20.4. The highest BCUT2D eigenvalue weighted by Gasteiger charge is 2.21. The number of hydrogen-bond donors (Lipinski definition) is 3. The Labute approximate surface area is 206 Å². The second-order valence-electron chi connectivity index (χ2n) is 9.03. The summed E-state index contributed by atoms with van der Waals surface area (Å²) in [6, 6.07) is 14.4. The maximum atomic E-state index is 12.8. The van der Waals surface area contributed by atoms with Crippen LogP contribution in [0.25, 0.3) is 22.0 Å². The number of unbranched alkanes of at least 4 members (excludes halogenated alkanes) is 2. The summed E-state index contributed by atoms with van der Waals surface area (Å²) < 4.78 is 5.39. The van der Waals surface area contributed by atoms with Crippen molar-refractivity contribution in [2.75, 3.05) is 39.9 Å². The number of carbonyl (C=O) groups is 2. The number of nitrogens with one attached hydrogen (secondary N) is 3. The van der Waals surface area contributed by atoms with Crippen LogP contribution in [-0.2, 0) is 14.3 Å². The van der Waals surface area contributed by atoms with Crippen molar-refractivity contribution < 1.29 is 14.3 Å². The normalized spacial score (nSPS) is 15.1. The molecule has 4 rings (SSSR count). The lowest BCUT2D eigenvalue weighted by Crippen LogP contribution is -2.44. The van der Waals surface area contributed by atoms with Crippen molar-refractivity contribution >= 4 is 22.6 Å². The molecule has 0 radical (unpaired) electrons. The Morgan fingerprint density at radius 3 is 2.66 bits per heavy atom. The maximum absolute atomic E-state index is 12.8. The van der Waals surface area contributed by atoms with Gasteiger partial charge >= 0.3 is 0 Å². The van der Waals surface area contributed by atoms with E-state index in [-0.39, 0.29) is 17.9 Å². The van der Waals surface area contributed by atoms with E-state index in [0.29, 0.717) is 26.2 Å². The summed E-state index contributed by atoms with van der Waals surface area (Å²) in [7, 11) is 1.66. The number of benzene rings is 2. The molecule has 0 saturated carbocycles. The highest BCUT2D eigenvalue weighted by Crippen LogP contribution is 2.25. The van der Waals surface area contributed by atoms with Crippen LogP contribution in [0.4, 0.5) is 0 Å². The Hall–Kier alpha value is -3.23. The van der Waals surface area contributed by atoms with Crippen LogP contribution >= 0.6 is 0 Å². The minimum atomic E-state index is -0.210. The van der Waals surface area contributed by atoms with Crippen molar-refractivity contribution in [3.05, 3.63) is 54.5 Å². The lowest BCUT2D eigenvalue weighted by atomic mass is 10.1. The van der Waals surface area contributed by atoms with Crippen LogP contribution in [0.5, 0.6) is 0 Å². The summed E-state index contributed by atoms with van der Waals surface area (Å²) >= 11 is 0. The smallest absolute Gasteiger partial charge is 0.234 e. The molecule has 1 saturated heterocycles. The zero-order chi connectivity index (χ0) is 24.5. The van der Waals surface area contributed by atoms with Gasteiger partial charge in [0, 0.05) is 32.1 Å². The lowest BCUT2D eigenvalue weighted by Gasteiger charge is -2.26. The first-order valence-corrected chi connectivity index (χ1v) is 12.5. The molecule has 2 aromatic carbocycles. The minimum absolute atomic E-state index is 0.00841. The number of aromatic amines is 1. The molecule has 35 heavy (non-hydrogen) atoms. The van der Waals surface area contributed by atoms with Gasteiger partial charge in [0.25, 0.3) is 0 Å². The van der Waals surface area contributed by atoms with Gasteiger partial charge in [0.15, 0.2) is 0 Å². The number of amides is 2. The Balaban J connectivity index is 1.43. The Morgan fingerprint density at radius 1 is 1.06 bits per heavy atom. The van der Waals surface area contributed by atoms with Gasteiger partial charge in [-0.1, -0.05) is 49.2 Å². The molecule has 2 heterocycles. The van der Waals surface area contributed by atoms with Gasteiger partial charge in [-0.2, -0.15) is 0 Å². The number of aromatic nitrogens is 2. The predicted octanol–water partition coefficient (Wildman–Crippen LogP) is 3.42. The number of fused-ring (bicyclic) bond motifs is 1. The summed E-state index contributed by atoms with van der Waals surface area (Å²) in [4.78, 5) is 34.5. The number of H-pyrrole nitrogens is 1. The SMILES string of the molecule is CNC(=O)CCCCCC(NC(=O)CN1CCOCC1)c1ncc(-c2ccc3ccccc3c2)[nH]1. The van der Waals surface area contributed by atoms with Crippen molar-refractivity contribution in [1.29, 1.82) is 0 Å². The number of hydrogen-bond acceptors (Lipinski definition) is 5. The van der Waals surface area contributed by atoms with Gasteiger partial charge in [-0.25, -0.2) is 4.98 Å². The topological polar surface area (TPSA) is 99.3 Å². The quantitative estimate of drug-likeness (QED) is 0.368. The summed E-state index contributed by atoms with van der Waals surface area (Å²) in [5.74, 6) is 0.812. The summed E-state index contributed by atoms with van der Waals surface area (Å²) in [5.41, 5.74) is 1.99. The van der Waals surface area contributed by atoms with E-state index in [4.69, 9.17) is 4.74 Å². The summed E-state index contributed by atoms with van der Waals surface area (Å²) in [5, 5.41) is 8.22. The highest BCUT2D eigenvalue weighted by atomic mass is 16.5. The summed E-state index contributed by atoms with van der Waals surface area (Å²) in [6.07, 6.45) is 5.76. The van der Waals surface area contributed by atoms with E-state index in [1.54, 1.807) is 7.05 Å². The van der Waals surface area contributed by atoms with Crippen LogP contribution in [0.3, 0.4) is 0 Å². The zero-order valence-corrected chi connectivity index (χ0v) is 20.4. The van der Waals surface area contributed by atoms with Crippen molar-refractivity contribution in [3.8, 4) is 11.3 Å². The van der Waals surface area contributed by atoms with Gasteiger partial charge in [0.2, 0.25) is 11.8 Å². The average molecular weight is 478 g/mol. The third kappa shape index (κ3) is 7.13. The molecule has 0 aliphatic carbocycles. The average Bonchev–Trinajstić information content (AvgIpc) is 3.38. The third-order valence-electron chi connectivity index (χ3n) is 6.47. The number of ether oxygens (including phenoxy) is 1. The molecule has 3 aromatic rings. The molecule has 1 aromatic heterocycles. The first-order valence-electron chi connectivity index (χ1n) is 12.5. The fourth-order valence-electron chi connectivity index (χ4n) is 4.43. The van der Waals surface area contributed by atoms with Gasteiger partial charge in [0.05, 0.1) is 37.7 Å². The first-order chi connectivity index (χ1) is 17.1. The molecule has 186 valence electrons. The van der Waals surface area contributed by atoms with E-state index in [2.05, 4.69) is 55.8 Å². The van der Waals surface area contributed by atoms with Gasteiger partial charge in [-0.15, -0.1) is 0 Å². The van der Waals surface area contributed by atoms with Gasteiger partial charge in [-0.05, 0) is 29.7 Å². The fraction of sp³-hybridized carbons (Fsp3) is 0.444. The molecule has 1 unspecified atom stereocenters. The standard InChI is InChI=1S/C27H35N5O3/c1-28-25(33)10-4-2-3-9-23(30-26(34)19-32-13-15-35-16-14-32)27-29-18-24(31-27)22-12-11-20-7-5-6-8-21(20)17-22/h5-8,11-12,17-18,23H,2-4,9-10,13-16,19H2,1H3,(H,28,33)(H,29,31)(H,30,34). The van der Waals surface area contributed by atoms with Gasteiger partial charge < -0.3 is 20.4 Å². The molecular formula is C27H35N5O3. The van der Waals surface area contributed by atoms with Crippen LogP contribution in [0.2, 0.25) is 0 Å². The Bertz CT molecular complexity index is 1120. The van der Waals surface area contributed by atoms with E-state index >= 15 is 0 Å². The molecule has 8 heteroatoms. The van der Waals surface area contributed by atoms with Crippen LogP contribution in [0.1, 0.15) is 44.0 Å². The third-order valence-corrected chi connectivity index (χ3v) is 6.47. The molecule has 0 bridgehead atoms. The van der Waals surface area contributed by atoms with Crippen LogP contribution in [0.15, 0.2) is 48.7 Å². The van der Waals surface area contributed by atoms with Crippen molar-refractivity contribution in [1.82, 2.24) is 25.5 Å². The highest BCUT2D eigenvalue weighted by molar-refractivity contribution is 5.86. The van der Waals surface area contributed by atoms with Crippen LogP contribution in [0, 0.1) is 0 Å². The van der Waals surface area contributed by atoms with Gasteiger partial charge in [-0.3, -0.25) is 14.5 Å². The lowest BCUT2D eigenvalue weighted by molar-refractivity contribution is -0.124. The molecule has 2 amide bonds. The molecule has 8 nitrogen and oxygen atoms in total. The fourth-order valence-corrected chi connectivity index (χ4v) is 4.43. The number of imidazole rings is 1. The molecule has 1 fully saturated rings. The molecule has 3 N–H and O–H groups in total. The summed E-state index contributed by atoms with van der Waals surface area (Å²) in [6.45, 7) is 3.22. The number of rotatable bonds is 11. The maximum Gasteiger partial charge on any atom is 0.234 e. The van der Waals surface area contributed by atoms with E-state index in [1.807, 2.05) is 18.3 Å². The molecule has 1 aliphatic rings.